The van der Waals surface area contributed by atoms with Gasteiger partial charge >= 0.3 is 0 Å². The van der Waals surface area contributed by atoms with E-state index < -0.39 is 0 Å². The molecule has 0 saturated carbocycles. The molecule has 0 aromatic carbocycles. The number of nitrogens with zero attached hydrogens (tertiary/aromatic N) is 3. The highest BCUT2D eigenvalue weighted by Gasteiger charge is 2.11. The Hall–Kier alpha value is -1.01. The van der Waals surface area contributed by atoms with Gasteiger partial charge in [0.25, 0.3) is 0 Å². The van der Waals surface area contributed by atoms with Crippen molar-refractivity contribution in [3.63, 3.8) is 0 Å². The fourth-order valence-electron chi connectivity index (χ4n) is 1.69. The zero-order valence-corrected chi connectivity index (χ0v) is 13.9. The number of hydrogen-bond acceptors (Lipinski definition) is 4. The molecule has 0 bridgehead atoms. The first kappa shape index (κ1) is 14.4. The molecule has 2 aromatic rings. The van der Waals surface area contributed by atoms with Crippen LogP contribution in [0.2, 0.25) is 0 Å². The zero-order chi connectivity index (χ0) is 13.8. The minimum Gasteiger partial charge on any atom is -0.373 e. The molecule has 0 atom stereocenters. The molecule has 0 saturated heterocycles. The van der Waals surface area contributed by atoms with E-state index in [1.807, 2.05) is 19.2 Å². The van der Waals surface area contributed by atoms with Crippen molar-refractivity contribution in [1.82, 2.24) is 15.0 Å². The molecule has 1 N–H and O–H groups in total. The van der Waals surface area contributed by atoms with E-state index in [1.54, 1.807) is 6.20 Å². The van der Waals surface area contributed by atoms with Gasteiger partial charge in [-0.25, -0.2) is 9.97 Å². The highest BCUT2D eigenvalue weighted by molar-refractivity contribution is 9.11. The van der Waals surface area contributed by atoms with Gasteiger partial charge < -0.3 is 5.32 Å². The summed E-state index contributed by atoms with van der Waals surface area (Å²) in [5.41, 5.74) is 1.77. The average molecular weight is 386 g/mol. The summed E-state index contributed by atoms with van der Waals surface area (Å²) in [6.45, 7) is 2.13. The van der Waals surface area contributed by atoms with Gasteiger partial charge in [-0.1, -0.05) is 13.3 Å². The zero-order valence-electron chi connectivity index (χ0n) is 10.7. The number of aromatic nitrogens is 3. The second-order valence-electron chi connectivity index (χ2n) is 4.05. The van der Waals surface area contributed by atoms with Gasteiger partial charge in [0.05, 0.1) is 0 Å². The Morgan fingerprint density at radius 1 is 1.21 bits per heavy atom. The topological polar surface area (TPSA) is 50.7 Å². The minimum absolute atomic E-state index is 0.634. The summed E-state index contributed by atoms with van der Waals surface area (Å²) in [4.78, 5) is 13.4. The number of hydrogen-bond donors (Lipinski definition) is 1. The van der Waals surface area contributed by atoms with Crippen LogP contribution in [0.5, 0.6) is 0 Å². The van der Waals surface area contributed by atoms with E-state index in [0.29, 0.717) is 5.82 Å². The van der Waals surface area contributed by atoms with Crippen LogP contribution in [0.1, 0.15) is 19.0 Å². The molecule has 100 valence electrons. The van der Waals surface area contributed by atoms with E-state index in [2.05, 4.69) is 59.1 Å². The molecule has 4 nitrogen and oxygen atoms in total. The Labute approximate surface area is 129 Å². The summed E-state index contributed by atoms with van der Waals surface area (Å²) >= 11 is 6.89. The summed E-state index contributed by atoms with van der Waals surface area (Å²) in [6.07, 6.45) is 3.72. The largest absolute Gasteiger partial charge is 0.373 e. The highest BCUT2D eigenvalue weighted by atomic mass is 79.9. The Kier molecular flexibility index (Phi) is 4.87. The third-order valence-corrected chi connectivity index (χ3v) is 3.60. The van der Waals surface area contributed by atoms with E-state index in [-0.39, 0.29) is 0 Å². The first-order valence-electron chi connectivity index (χ1n) is 6.01. The number of rotatable bonds is 4. The number of halogens is 2. The van der Waals surface area contributed by atoms with Gasteiger partial charge in [-0.15, -0.1) is 0 Å². The van der Waals surface area contributed by atoms with E-state index in [0.717, 1.165) is 39.0 Å². The summed E-state index contributed by atoms with van der Waals surface area (Å²) in [6, 6.07) is 3.91. The van der Waals surface area contributed by atoms with E-state index in [9.17, 15) is 0 Å². The smallest absolute Gasteiger partial charge is 0.181 e. The molecular formula is C13H14Br2N4. The minimum atomic E-state index is 0.634. The third-order valence-electron chi connectivity index (χ3n) is 2.56. The maximum atomic E-state index is 4.57. The molecule has 0 aliphatic rings. The van der Waals surface area contributed by atoms with Crippen molar-refractivity contribution < 1.29 is 0 Å². The van der Waals surface area contributed by atoms with Gasteiger partial charge in [-0.2, -0.15) is 0 Å². The second kappa shape index (κ2) is 6.43. The lowest BCUT2D eigenvalue weighted by atomic mass is 10.2. The van der Waals surface area contributed by atoms with Crippen LogP contribution in [-0.2, 0) is 6.42 Å². The lowest BCUT2D eigenvalue weighted by molar-refractivity contribution is 0.874. The molecule has 0 radical (unpaired) electrons. The number of pyridine rings is 1. The van der Waals surface area contributed by atoms with Crippen LogP contribution in [-0.4, -0.2) is 22.0 Å². The molecule has 0 aliphatic carbocycles. The predicted molar refractivity (Wildman–Crippen MR) is 84.2 cm³/mol. The molecule has 2 aromatic heterocycles. The fourth-order valence-corrected chi connectivity index (χ4v) is 2.86. The summed E-state index contributed by atoms with van der Waals surface area (Å²) in [5, 5.41) is 3.06. The van der Waals surface area contributed by atoms with Crippen molar-refractivity contribution in [2.75, 3.05) is 12.4 Å². The van der Waals surface area contributed by atoms with Crippen LogP contribution in [0.25, 0.3) is 11.5 Å². The number of aryl methyl sites for hydroxylation is 1. The monoisotopic (exact) mass is 384 g/mol. The number of nitrogens with one attached hydrogen (secondary N) is 1. The second-order valence-corrected chi connectivity index (χ2v) is 5.82. The molecule has 2 rings (SSSR count). The molecule has 0 fully saturated rings. The van der Waals surface area contributed by atoms with Crippen molar-refractivity contribution in [3.05, 3.63) is 33.0 Å². The average Bonchev–Trinajstić information content (AvgIpc) is 2.38. The maximum Gasteiger partial charge on any atom is 0.181 e. The quantitative estimate of drug-likeness (QED) is 0.862. The van der Waals surface area contributed by atoms with Crippen molar-refractivity contribution in [3.8, 4) is 11.5 Å². The van der Waals surface area contributed by atoms with Crippen molar-refractivity contribution in [2.24, 2.45) is 0 Å². The fraction of sp³-hybridized carbons (Fsp3) is 0.308. The van der Waals surface area contributed by atoms with Crippen molar-refractivity contribution >= 4 is 37.7 Å². The van der Waals surface area contributed by atoms with Crippen LogP contribution in [0, 0.1) is 0 Å². The summed E-state index contributed by atoms with van der Waals surface area (Å²) in [7, 11) is 1.85. The van der Waals surface area contributed by atoms with Crippen molar-refractivity contribution in [1.29, 1.82) is 0 Å². The van der Waals surface area contributed by atoms with Crippen LogP contribution >= 0.6 is 31.9 Å². The molecule has 0 aliphatic heterocycles. The summed E-state index contributed by atoms with van der Waals surface area (Å²) < 4.78 is 1.79. The molecule has 6 heteroatoms. The number of anilines is 1. The molecule has 0 spiro atoms. The Morgan fingerprint density at radius 3 is 2.63 bits per heavy atom. The van der Waals surface area contributed by atoms with Crippen LogP contribution in [0.3, 0.4) is 0 Å². The van der Waals surface area contributed by atoms with Crippen LogP contribution in [0.4, 0.5) is 5.82 Å². The Bertz CT molecular complexity index is 587. The van der Waals surface area contributed by atoms with Gasteiger partial charge in [-0.3, -0.25) is 4.98 Å². The third kappa shape index (κ3) is 3.51. The van der Waals surface area contributed by atoms with Gasteiger partial charge in [0, 0.05) is 34.0 Å². The molecule has 0 unspecified atom stereocenters. The van der Waals surface area contributed by atoms with E-state index in [1.165, 1.54) is 0 Å². The SMILES string of the molecule is CCCc1cc(NC)nc(-c2ncc(Br)cc2Br)n1. The normalized spacial score (nSPS) is 10.5. The van der Waals surface area contributed by atoms with Gasteiger partial charge in [0.2, 0.25) is 0 Å². The van der Waals surface area contributed by atoms with Gasteiger partial charge in [0.15, 0.2) is 5.82 Å². The van der Waals surface area contributed by atoms with Crippen LogP contribution < -0.4 is 5.32 Å². The first-order valence-corrected chi connectivity index (χ1v) is 7.59. The lowest BCUT2D eigenvalue weighted by Gasteiger charge is -2.08. The van der Waals surface area contributed by atoms with Gasteiger partial charge in [-0.05, 0) is 44.3 Å². The summed E-state index contributed by atoms with van der Waals surface area (Å²) in [5.74, 6) is 1.44. The molecule has 2 heterocycles. The van der Waals surface area contributed by atoms with Crippen LogP contribution in [0.15, 0.2) is 27.3 Å². The molecule has 19 heavy (non-hydrogen) atoms. The Balaban J connectivity index is 2.51. The lowest BCUT2D eigenvalue weighted by Crippen LogP contribution is -2.02. The Morgan fingerprint density at radius 2 is 2.00 bits per heavy atom. The molecule has 0 amide bonds. The van der Waals surface area contributed by atoms with E-state index in [4.69, 9.17) is 0 Å². The van der Waals surface area contributed by atoms with Gasteiger partial charge in [0.1, 0.15) is 11.5 Å². The maximum absolute atomic E-state index is 4.57. The van der Waals surface area contributed by atoms with Crippen molar-refractivity contribution in [2.45, 2.75) is 19.8 Å². The predicted octanol–water partition coefficient (Wildman–Crippen LogP) is 4.06. The van der Waals surface area contributed by atoms with E-state index >= 15 is 0 Å². The highest BCUT2D eigenvalue weighted by Crippen LogP contribution is 2.27. The first-order chi connectivity index (χ1) is 9.13. The molecular weight excluding hydrogens is 372 g/mol. The standard InChI is InChI=1S/C13H14Br2N4/c1-3-4-9-6-11(16-2)19-13(18-9)12-10(15)5-8(14)7-17-12/h5-7H,3-4H2,1-2H3,(H,16,18,19).